The molecule has 0 spiro atoms. The van der Waals surface area contributed by atoms with Crippen molar-refractivity contribution in [3.8, 4) is 17.4 Å². The molecular formula is C19H23N3O3. The van der Waals surface area contributed by atoms with E-state index in [-0.39, 0.29) is 12.5 Å². The number of hydrogen-bond donors (Lipinski definition) is 2. The Balaban J connectivity index is 1.39. The fourth-order valence-corrected chi connectivity index (χ4v) is 2.69. The number of nitrogens with zero attached hydrogens (tertiary/aromatic N) is 1. The largest absolute Gasteiger partial charge is 0.484 e. The molecule has 0 radical (unpaired) electrons. The summed E-state index contributed by atoms with van der Waals surface area (Å²) in [5.41, 5.74) is 0. The molecule has 1 aliphatic rings. The van der Waals surface area contributed by atoms with E-state index in [9.17, 15) is 4.79 Å². The van der Waals surface area contributed by atoms with Crippen molar-refractivity contribution in [2.75, 3.05) is 26.2 Å². The van der Waals surface area contributed by atoms with E-state index in [0.717, 1.165) is 19.5 Å². The number of carbonyl (C=O) groups is 1. The van der Waals surface area contributed by atoms with Gasteiger partial charge in [0.2, 0.25) is 5.88 Å². The van der Waals surface area contributed by atoms with Crippen LogP contribution >= 0.6 is 0 Å². The first-order valence-corrected chi connectivity index (χ1v) is 8.59. The Morgan fingerprint density at radius 1 is 1.20 bits per heavy atom. The summed E-state index contributed by atoms with van der Waals surface area (Å²) < 4.78 is 11.1. The van der Waals surface area contributed by atoms with Crippen LogP contribution < -0.4 is 20.1 Å². The number of hydrogen-bond acceptors (Lipinski definition) is 5. The van der Waals surface area contributed by atoms with Gasteiger partial charge in [0.1, 0.15) is 11.5 Å². The van der Waals surface area contributed by atoms with E-state index < -0.39 is 0 Å². The van der Waals surface area contributed by atoms with Crippen molar-refractivity contribution in [3.05, 3.63) is 48.7 Å². The molecule has 1 saturated heterocycles. The Labute approximate surface area is 147 Å². The highest BCUT2D eigenvalue weighted by atomic mass is 16.5. The van der Waals surface area contributed by atoms with Gasteiger partial charge in [-0.05, 0) is 62.2 Å². The highest BCUT2D eigenvalue weighted by Crippen LogP contribution is 2.22. The SMILES string of the molecule is O=C(COc1ccc(Oc2ccccn2)cc1)NCC1CCCNC1. The number of amides is 1. The number of carbonyl (C=O) groups excluding carboxylic acids is 1. The zero-order chi connectivity index (χ0) is 17.3. The first-order valence-electron chi connectivity index (χ1n) is 8.59. The molecule has 2 N–H and O–H groups in total. The van der Waals surface area contributed by atoms with Crippen LogP contribution in [0, 0.1) is 5.92 Å². The lowest BCUT2D eigenvalue weighted by Crippen LogP contribution is -2.39. The molecule has 132 valence electrons. The summed E-state index contributed by atoms with van der Waals surface area (Å²) in [6.45, 7) is 2.76. The molecule has 3 rings (SSSR count). The van der Waals surface area contributed by atoms with Gasteiger partial charge >= 0.3 is 0 Å². The maximum atomic E-state index is 11.9. The van der Waals surface area contributed by atoms with Gasteiger partial charge in [0.25, 0.3) is 5.91 Å². The third kappa shape index (κ3) is 5.76. The number of piperidine rings is 1. The predicted molar refractivity (Wildman–Crippen MR) is 94.9 cm³/mol. The molecule has 1 aromatic carbocycles. The summed E-state index contributed by atoms with van der Waals surface area (Å²) in [6.07, 6.45) is 4.00. The smallest absolute Gasteiger partial charge is 0.257 e. The van der Waals surface area contributed by atoms with Crippen LogP contribution in [0.4, 0.5) is 0 Å². The summed E-state index contributed by atoms with van der Waals surface area (Å²) in [5, 5.41) is 6.27. The number of benzene rings is 1. The van der Waals surface area contributed by atoms with Crippen molar-refractivity contribution in [1.82, 2.24) is 15.6 Å². The molecule has 0 aliphatic carbocycles. The average molecular weight is 341 g/mol. The van der Waals surface area contributed by atoms with Crippen LogP contribution in [0.25, 0.3) is 0 Å². The second-order valence-electron chi connectivity index (χ2n) is 6.05. The lowest BCUT2D eigenvalue weighted by molar-refractivity contribution is -0.123. The molecular weight excluding hydrogens is 318 g/mol. The third-order valence-corrected chi connectivity index (χ3v) is 4.04. The summed E-state index contributed by atoms with van der Waals surface area (Å²) in [4.78, 5) is 16.0. The van der Waals surface area contributed by atoms with Crippen LogP contribution in [0.1, 0.15) is 12.8 Å². The topological polar surface area (TPSA) is 72.5 Å². The minimum absolute atomic E-state index is 0.0145. The molecule has 0 bridgehead atoms. The molecule has 1 aromatic heterocycles. The molecule has 1 atom stereocenters. The highest BCUT2D eigenvalue weighted by Gasteiger charge is 2.13. The quantitative estimate of drug-likeness (QED) is 0.809. The summed E-state index contributed by atoms with van der Waals surface area (Å²) >= 11 is 0. The van der Waals surface area contributed by atoms with Crippen LogP contribution in [0.5, 0.6) is 17.4 Å². The summed E-state index contributed by atoms with van der Waals surface area (Å²) in [7, 11) is 0. The Bertz CT molecular complexity index is 655. The Hall–Kier alpha value is -2.60. The van der Waals surface area contributed by atoms with E-state index in [0.29, 0.717) is 29.8 Å². The van der Waals surface area contributed by atoms with Crippen LogP contribution in [0.3, 0.4) is 0 Å². The molecule has 25 heavy (non-hydrogen) atoms. The normalized spacial score (nSPS) is 16.9. The molecule has 2 aromatic rings. The Morgan fingerprint density at radius 2 is 2.04 bits per heavy atom. The van der Waals surface area contributed by atoms with E-state index in [2.05, 4.69) is 15.6 Å². The van der Waals surface area contributed by atoms with Crippen LogP contribution in [-0.2, 0) is 4.79 Å². The third-order valence-electron chi connectivity index (χ3n) is 4.04. The van der Waals surface area contributed by atoms with Gasteiger partial charge in [0.15, 0.2) is 6.61 Å². The van der Waals surface area contributed by atoms with E-state index in [1.54, 1.807) is 36.5 Å². The van der Waals surface area contributed by atoms with E-state index in [4.69, 9.17) is 9.47 Å². The predicted octanol–water partition coefficient (Wildman–Crippen LogP) is 2.37. The van der Waals surface area contributed by atoms with Crippen molar-refractivity contribution in [2.24, 2.45) is 5.92 Å². The van der Waals surface area contributed by atoms with Gasteiger partial charge in [-0.2, -0.15) is 0 Å². The summed E-state index contributed by atoms with van der Waals surface area (Å²) in [6, 6.07) is 12.6. The van der Waals surface area contributed by atoms with Gasteiger partial charge in [0, 0.05) is 18.8 Å². The second kappa shape index (κ2) is 9.03. The maximum Gasteiger partial charge on any atom is 0.257 e. The maximum absolute atomic E-state index is 11.9. The lowest BCUT2D eigenvalue weighted by Gasteiger charge is -2.22. The minimum atomic E-state index is -0.0978. The van der Waals surface area contributed by atoms with Crippen LogP contribution in [0.15, 0.2) is 48.7 Å². The lowest BCUT2D eigenvalue weighted by atomic mass is 10.00. The first-order chi connectivity index (χ1) is 12.3. The first kappa shape index (κ1) is 17.2. The fourth-order valence-electron chi connectivity index (χ4n) is 2.69. The molecule has 2 heterocycles. The van der Waals surface area contributed by atoms with Crippen molar-refractivity contribution in [2.45, 2.75) is 12.8 Å². The number of aromatic nitrogens is 1. The molecule has 1 unspecified atom stereocenters. The second-order valence-corrected chi connectivity index (χ2v) is 6.05. The van der Waals surface area contributed by atoms with Crippen molar-refractivity contribution in [3.63, 3.8) is 0 Å². The zero-order valence-electron chi connectivity index (χ0n) is 14.1. The minimum Gasteiger partial charge on any atom is -0.484 e. The highest BCUT2D eigenvalue weighted by molar-refractivity contribution is 5.77. The number of rotatable bonds is 7. The molecule has 6 heteroatoms. The van der Waals surface area contributed by atoms with E-state index in [1.165, 1.54) is 6.42 Å². The van der Waals surface area contributed by atoms with E-state index in [1.807, 2.05) is 12.1 Å². The molecule has 1 fully saturated rings. The zero-order valence-corrected chi connectivity index (χ0v) is 14.1. The van der Waals surface area contributed by atoms with Gasteiger partial charge in [-0.1, -0.05) is 6.07 Å². The van der Waals surface area contributed by atoms with Gasteiger partial charge in [-0.3, -0.25) is 4.79 Å². The molecule has 6 nitrogen and oxygen atoms in total. The van der Waals surface area contributed by atoms with Crippen molar-refractivity contribution >= 4 is 5.91 Å². The van der Waals surface area contributed by atoms with Crippen LogP contribution in [0.2, 0.25) is 0 Å². The van der Waals surface area contributed by atoms with Gasteiger partial charge in [0.05, 0.1) is 0 Å². The standard InChI is InChI=1S/C19H23N3O3/c23-18(22-13-15-4-3-10-20-12-15)14-24-16-6-8-17(9-7-16)25-19-5-1-2-11-21-19/h1-2,5-9,11,15,20H,3-4,10,12-14H2,(H,22,23). The monoisotopic (exact) mass is 341 g/mol. The molecule has 0 saturated carbocycles. The van der Waals surface area contributed by atoms with Gasteiger partial charge < -0.3 is 20.1 Å². The number of pyridine rings is 1. The number of ether oxygens (including phenoxy) is 2. The van der Waals surface area contributed by atoms with Crippen molar-refractivity contribution in [1.29, 1.82) is 0 Å². The van der Waals surface area contributed by atoms with Gasteiger partial charge in [-0.25, -0.2) is 4.98 Å². The fraction of sp³-hybridized carbons (Fsp3) is 0.368. The number of nitrogens with one attached hydrogen (secondary N) is 2. The van der Waals surface area contributed by atoms with Gasteiger partial charge in [-0.15, -0.1) is 0 Å². The Kier molecular flexibility index (Phi) is 6.23. The Morgan fingerprint density at radius 3 is 2.76 bits per heavy atom. The van der Waals surface area contributed by atoms with Crippen LogP contribution in [-0.4, -0.2) is 37.1 Å². The van der Waals surface area contributed by atoms with Crippen molar-refractivity contribution < 1.29 is 14.3 Å². The van der Waals surface area contributed by atoms with E-state index >= 15 is 0 Å². The molecule has 1 aliphatic heterocycles. The molecule has 1 amide bonds. The average Bonchev–Trinajstić information content (AvgIpc) is 2.67. The summed E-state index contributed by atoms with van der Waals surface area (Å²) in [5.74, 6) is 2.25.